The van der Waals surface area contributed by atoms with Crippen molar-refractivity contribution in [2.24, 2.45) is 4.99 Å². The molecular formula is C29H30F4N4O6S. The van der Waals surface area contributed by atoms with Crippen LogP contribution in [0.1, 0.15) is 48.9 Å². The Kier molecular flexibility index (Phi) is 9.30. The number of benzene rings is 2. The molecule has 0 unspecified atom stereocenters. The van der Waals surface area contributed by atoms with E-state index in [1.165, 1.54) is 24.8 Å². The van der Waals surface area contributed by atoms with E-state index >= 15 is 0 Å². The SMILES string of the molecule is CC(=O)OCCN(C(C)=O)c1ccc(C=CS(=O)(=O)N2CCC3(CC2)N=C(c2cccc(C(F)(F)F)c2F)NC3=O)c(C)c1. The van der Waals surface area contributed by atoms with E-state index in [4.69, 9.17) is 4.74 Å². The van der Waals surface area contributed by atoms with Gasteiger partial charge in [0.05, 0.1) is 17.7 Å². The summed E-state index contributed by atoms with van der Waals surface area (Å²) >= 11 is 0. The molecule has 2 heterocycles. The number of carbonyl (C=O) groups is 3. The highest BCUT2D eigenvalue weighted by molar-refractivity contribution is 7.92. The Hall–Kier alpha value is -4.11. The number of ether oxygens (including phenoxy) is 1. The monoisotopic (exact) mass is 638 g/mol. The molecule has 15 heteroatoms. The fourth-order valence-electron chi connectivity index (χ4n) is 5.04. The Bertz CT molecular complexity index is 1650. The van der Waals surface area contributed by atoms with Crippen LogP contribution in [0.25, 0.3) is 6.08 Å². The largest absolute Gasteiger partial charge is 0.464 e. The van der Waals surface area contributed by atoms with Gasteiger partial charge in [0.25, 0.3) is 5.91 Å². The molecule has 0 aromatic heterocycles. The van der Waals surface area contributed by atoms with Crippen molar-refractivity contribution in [1.29, 1.82) is 0 Å². The average molecular weight is 639 g/mol. The van der Waals surface area contributed by atoms with Gasteiger partial charge in [-0.25, -0.2) is 12.8 Å². The lowest BCUT2D eigenvalue weighted by atomic mass is 9.89. The topological polar surface area (TPSA) is 125 Å². The molecule has 4 rings (SSSR count). The van der Waals surface area contributed by atoms with Gasteiger partial charge in [-0.1, -0.05) is 12.1 Å². The second-order valence-corrected chi connectivity index (χ2v) is 12.2. The first-order valence-electron chi connectivity index (χ1n) is 13.5. The van der Waals surface area contributed by atoms with Crippen molar-refractivity contribution in [2.45, 2.75) is 45.3 Å². The summed E-state index contributed by atoms with van der Waals surface area (Å²) < 4.78 is 86.5. The molecule has 2 aliphatic rings. The average Bonchev–Trinajstić information content (AvgIpc) is 3.24. The predicted octanol–water partition coefficient (Wildman–Crippen LogP) is 3.78. The van der Waals surface area contributed by atoms with Crippen molar-refractivity contribution < 1.29 is 45.1 Å². The fourth-order valence-corrected chi connectivity index (χ4v) is 6.22. The minimum atomic E-state index is -4.93. The minimum absolute atomic E-state index is 0.0153. The summed E-state index contributed by atoms with van der Waals surface area (Å²) in [5, 5.41) is 3.39. The van der Waals surface area contributed by atoms with Crippen molar-refractivity contribution in [2.75, 3.05) is 31.1 Å². The van der Waals surface area contributed by atoms with Crippen molar-refractivity contribution in [3.63, 3.8) is 0 Å². The zero-order chi connectivity index (χ0) is 32.4. The van der Waals surface area contributed by atoms with Crippen molar-refractivity contribution >= 4 is 45.4 Å². The summed E-state index contributed by atoms with van der Waals surface area (Å²) in [7, 11) is -3.94. The summed E-state index contributed by atoms with van der Waals surface area (Å²) in [6.45, 7) is 4.34. The normalized spacial score (nSPS) is 17.1. The van der Waals surface area contributed by atoms with Gasteiger partial charge < -0.3 is 15.0 Å². The molecule has 1 saturated heterocycles. The third-order valence-electron chi connectivity index (χ3n) is 7.43. The van der Waals surface area contributed by atoms with Crippen molar-refractivity contribution in [1.82, 2.24) is 9.62 Å². The molecular weight excluding hydrogens is 608 g/mol. The Morgan fingerprint density at radius 1 is 1.16 bits per heavy atom. The molecule has 2 aliphatic heterocycles. The second kappa shape index (κ2) is 12.5. The van der Waals surface area contributed by atoms with Crippen LogP contribution in [-0.2, 0) is 35.3 Å². The van der Waals surface area contributed by atoms with Crippen LogP contribution in [-0.4, -0.2) is 68.1 Å². The maximum Gasteiger partial charge on any atom is 0.419 e. The number of hydrogen-bond donors (Lipinski definition) is 1. The lowest BCUT2D eigenvalue weighted by Gasteiger charge is -2.34. The summed E-state index contributed by atoms with van der Waals surface area (Å²) in [6, 6.07) is 7.68. The number of rotatable bonds is 8. The first-order valence-corrected chi connectivity index (χ1v) is 15.0. The maximum absolute atomic E-state index is 14.7. The molecule has 0 atom stereocenters. The van der Waals surface area contributed by atoms with E-state index in [0.717, 1.165) is 21.8 Å². The van der Waals surface area contributed by atoms with E-state index in [1.54, 1.807) is 25.1 Å². The quantitative estimate of drug-likeness (QED) is 0.347. The van der Waals surface area contributed by atoms with Gasteiger partial charge in [0.15, 0.2) is 0 Å². The van der Waals surface area contributed by atoms with E-state index in [1.807, 2.05) is 0 Å². The van der Waals surface area contributed by atoms with Crippen LogP contribution in [0.5, 0.6) is 0 Å². The summed E-state index contributed by atoms with van der Waals surface area (Å²) in [5.41, 5.74) is -1.63. The van der Waals surface area contributed by atoms with Gasteiger partial charge in [0.2, 0.25) is 15.9 Å². The smallest absolute Gasteiger partial charge is 0.419 e. The van der Waals surface area contributed by atoms with Crippen LogP contribution >= 0.6 is 0 Å². The molecule has 0 aliphatic carbocycles. The van der Waals surface area contributed by atoms with Crippen LogP contribution in [0.4, 0.5) is 23.2 Å². The number of amides is 2. The number of amidine groups is 1. The lowest BCUT2D eigenvalue weighted by Crippen LogP contribution is -2.50. The van der Waals surface area contributed by atoms with Crippen molar-refractivity contribution in [3.8, 4) is 0 Å². The van der Waals surface area contributed by atoms with E-state index in [-0.39, 0.29) is 50.8 Å². The van der Waals surface area contributed by atoms with E-state index < -0.39 is 50.6 Å². The third-order valence-corrected chi connectivity index (χ3v) is 9.00. The zero-order valence-electron chi connectivity index (χ0n) is 24.1. The predicted molar refractivity (Wildman–Crippen MR) is 153 cm³/mol. The molecule has 2 aromatic carbocycles. The molecule has 0 bridgehead atoms. The number of halogens is 4. The van der Waals surface area contributed by atoms with E-state index in [9.17, 15) is 40.4 Å². The standard InChI is InChI=1S/C29H30F4N4O6S/c1-18-17-22(37(19(2)38)14-15-43-20(3)39)8-7-21(18)9-16-44(41,42)36-12-10-28(11-13-36)27(40)34-26(35-28)23-5-4-6-24(25(23)30)29(31,32)33/h4-9,16-17H,10-15H2,1-3H3,(H,34,35,40). The van der Waals surface area contributed by atoms with Gasteiger partial charge >= 0.3 is 12.1 Å². The van der Waals surface area contributed by atoms with Gasteiger partial charge in [-0.2, -0.15) is 17.5 Å². The van der Waals surface area contributed by atoms with Crippen LogP contribution in [0.15, 0.2) is 46.8 Å². The number of esters is 1. The highest BCUT2D eigenvalue weighted by Crippen LogP contribution is 2.35. The number of aryl methyl sites for hydroxylation is 1. The van der Waals surface area contributed by atoms with Crippen LogP contribution in [0.2, 0.25) is 0 Å². The Morgan fingerprint density at radius 3 is 2.43 bits per heavy atom. The lowest BCUT2D eigenvalue weighted by molar-refractivity contribution is -0.141. The van der Waals surface area contributed by atoms with Gasteiger partial charge in [-0.3, -0.25) is 19.4 Å². The highest BCUT2D eigenvalue weighted by Gasteiger charge is 2.48. The molecule has 2 aromatic rings. The first kappa shape index (κ1) is 32.8. The number of nitrogens with one attached hydrogen (secondary N) is 1. The zero-order valence-corrected chi connectivity index (χ0v) is 24.9. The summed E-state index contributed by atoms with van der Waals surface area (Å²) in [6.07, 6.45) is -3.64. The Balaban J connectivity index is 1.45. The van der Waals surface area contributed by atoms with Crippen LogP contribution < -0.4 is 10.2 Å². The van der Waals surface area contributed by atoms with Gasteiger partial charge in [-0.15, -0.1) is 0 Å². The number of anilines is 1. The fraction of sp³-hybridized carbons (Fsp3) is 0.379. The van der Waals surface area contributed by atoms with Crippen LogP contribution in [0.3, 0.4) is 0 Å². The molecule has 2 amide bonds. The Labute approximate surface area is 251 Å². The molecule has 1 fully saturated rings. The van der Waals surface area contributed by atoms with Gasteiger partial charge in [0, 0.05) is 38.0 Å². The number of aliphatic imine (C=N–C) groups is 1. The number of piperidine rings is 1. The minimum Gasteiger partial charge on any atom is -0.464 e. The molecule has 10 nitrogen and oxygen atoms in total. The Morgan fingerprint density at radius 2 is 1.84 bits per heavy atom. The first-order chi connectivity index (χ1) is 20.5. The summed E-state index contributed by atoms with van der Waals surface area (Å²) in [4.78, 5) is 41.7. The third kappa shape index (κ3) is 6.99. The number of carbonyl (C=O) groups excluding carboxylic acids is 3. The molecule has 0 radical (unpaired) electrons. The van der Waals surface area contributed by atoms with Gasteiger partial charge in [-0.05, 0) is 61.2 Å². The van der Waals surface area contributed by atoms with Crippen LogP contribution in [0, 0.1) is 12.7 Å². The van der Waals surface area contributed by atoms with E-state index in [0.29, 0.717) is 22.9 Å². The van der Waals surface area contributed by atoms with E-state index in [2.05, 4.69) is 10.3 Å². The molecule has 236 valence electrons. The summed E-state index contributed by atoms with van der Waals surface area (Å²) in [5.74, 6) is -3.26. The number of sulfonamides is 1. The number of hydrogen-bond acceptors (Lipinski definition) is 7. The molecule has 0 saturated carbocycles. The molecule has 1 N–H and O–H groups in total. The molecule has 44 heavy (non-hydrogen) atoms. The highest BCUT2D eigenvalue weighted by atomic mass is 32.2. The second-order valence-electron chi connectivity index (χ2n) is 10.4. The maximum atomic E-state index is 14.7. The number of alkyl halides is 3. The number of nitrogens with zero attached hydrogens (tertiary/aromatic N) is 3. The van der Waals surface area contributed by atoms with Crippen molar-refractivity contribution in [3.05, 3.63) is 69.9 Å². The van der Waals surface area contributed by atoms with Gasteiger partial charge in [0.1, 0.15) is 23.8 Å². The molecule has 1 spiro atoms.